The first-order chi connectivity index (χ1) is 10.8. The lowest BCUT2D eigenvalue weighted by molar-refractivity contribution is -0.592. The van der Waals surface area contributed by atoms with Crippen LogP contribution in [-0.2, 0) is 4.74 Å². The average molecular weight is 328 g/mol. The number of amides is 1. The third-order valence-corrected chi connectivity index (χ3v) is 3.19. The molecule has 0 fully saturated rings. The molecule has 0 aromatic heterocycles. The normalized spacial score (nSPS) is 14.4. The van der Waals surface area contributed by atoms with E-state index in [1.165, 1.54) is 31.4 Å². The number of nitro groups is 1. The lowest BCUT2D eigenvalue weighted by Gasteiger charge is -2.27. The Bertz CT molecular complexity index is 588. The van der Waals surface area contributed by atoms with Gasteiger partial charge in [0.05, 0.1) is 24.2 Å². The maximum atomic E-state index is 12.1. The van der Waals surface area contributed by atoms with Crippen molar-refractivity contribution in [3.8, 4) is 0 Å². The summed E-state index contributed by atoms with van der Waals surface area (Å²) in [4.78, 5) is 33.4. The molecule has 126 valence electrons. The van der Waals surface area contributed by atoms with Gasteiger partial charge in [0.2, 0.25) is 0 Å². The van der Waals surface area contributed by atoms with Crippen molar-refractivity contribution < 1.29 is 34.6 Å². The molecule has 23 heavy (non-hydrogen) atoms. The molecule has 1 amide bonds. The van der Waals surface area contributed by atoms with E-state index in [1.807, 2.05) is 5.32 Å². The van der Waals surface area contributed by atoms with Gasteiger partial charge in [0.1, 0.15) is 6.61 Å². The zero-order valence-electron chi connectivity index (χ0n) is 12.1. The summed E-state index contributed by atoms with van der Waals surface area (Å²) in [5, 5.41) is 40.6. The molecule has 0 saturated heterocycles. The molecule has 0 saturated carbocycles. The van der Waals surface area contributed by atoms with Crippen LogP contribution in [0.2, 0.25) is 0 Å². The van der Waals surface area contributed by atoms with Gasteiger partial charge in [-0.05, 0) is 24.3 Å². The lowest BCUT2D eigenvalue weighted by atomic mass is 10.0. The molecule has 10 heteroatoms. The predicted molar refractivity (Wildman–Crippen MR) is 75.2 cm³/mol. The third kappa shape index (κ3) is 3.80. The van der Waals surface area contributed by atoms with Gasteiger partial charge in [-0.2, -0.15) is 0 Å². The van der Waals surface area contributed by atoms with Gasteiger partial charge in [0.25, 0.3) is 5.91 Å². The Labute approximate surface area is 130 Å². The number of esters is 1. The highest BCUT2D eigenvalue weighted by atomic mass is 16.6. The van der Waals surface area contributed by atoms with Crippen LogP contribution in [0.1, 0.15) is 20.7 Å². The van der Waals surface area contributed by atoms with E-state index in [-0.39, 0.29) is 11.1 Å². The Balaban J connectivity index is 3.04. The first-order valence-electron chi connectivity index (χ1n) is 6.37. The van der Waals surface area contributed by atoms with Gasteiger partial charge in [-0.15, -0.1) is 0 Å². The summed E-state index contributed by atoms with van der Waals surface area (Å²) in [6.45, 7) is -2.27. The van der Waals surface area contributed by atoms with E-state index in [4.69, 9.17) is 5.11 Å². The molecule has 1 aromatic rings. The Kier molecular flexibility index (Phi) is 6.13. The van der Waals surface area contributed by atoms with E-state index in [0.29, 0.717) is 0 Å². The number of nitrogens with one attached hydrogen (secondary N) is 1. The number of carbonyl (C=O) groups excluding carboxylic acids is 2. The highest BCUT2D eigenvalue weighted by Crippen LogP contribution is 2.14. The van der Waals surface area contributed by atoms with Gasteiger partial charge >= 0.3 is 11.6 Å². The highest BCUT2D eigenvalue weighted by molar-refractivity contribution is 5.96. The largest absolute Gasteiger partial charge is 0.465 e. The van der Waals surface area contributed by atoms with E-state index in [0.717, 1.165) is 0 Å². The topological polar surface area (TPSA) is 159 Å². The van der Waals surface area contributed by atoms with Crippen LogP contribution in [0.25, 0.3) is 0 Å². The van der Waals surface area contributed by atoms with Gasteiger partial charge in [0.15, 0.2) is 6.10 Å². The summed E-state index contributed by atoms with van der Waals surface area (Å²) < 4.78 is 4.49. The average Bonchev–Trinajstić information content (AvgIpc) is 2.57. The number of aliphatic hydroxyl groups excluding tert-OH is 3. The number of ether oxygens (including phenoxy) is 1. The van der Waals surface area contributed by atoms with Crippen LogP contribution < -0.4 is 5.32 Å². The number of nitrogens with zero attached hydrogens (tertiary/aromatic N) is 1. The number of benzene rings is 1. The highest BCUT2D eigenvalue weighted by Gasteiger charge is 2.51. The smallest absolute Gasteiger partial charge is 0.346 e. The van der Waals surface area contributed by atoms with Crippen LogP contribution in [0, 0.1) is 10.1 Å². The van der Waals surface area contributed by atoms with Crippen molar-refractivity contribution in [1.82, 2.24) is 5.32 Å². The van der Waals surface area contributed by atoms with Crippen molar-refractivity contribution in [2.45, 2.75) is 11.8 Å². The predicted octanol–water partition coefficient (Wildman–Crippen LogP) is -1.48. The van der Waals surface area contributed by atoms with E-state index in [2.05, 4.69) is 4.74 Å². The Morgan fingerprint density at radius 2 is 1.83 bits per heavy atom. The summed E-state index contributed by atoms with van der Waals surface area (Å²) in [6, 6.07) is 4.98. The van der Waals surface area contributed by atoms with Crippen LogP contribution in [-0.4, -0.2) is 64.2 Å². The molecule has 1 aromatic carbocycles. The molecule has 0 radical (unpaired) electrons. The van der Waals surface area contributed by atoms with Crippen molar-refractivity contribution in [3.05, 3.63) is 45.5 Å². The number of hydrogen-bond acceptors (Lipinski definition) is 8. The maximum Gasteiger partial charge on any atom is 0.346 e. The molecule has 10 nitrogen and oxygen atoms in total. The van der Waals surface area contributed by atoms with E-state index in [9.17, 15) is 29.9 Å². The van der Waals surface area contributed by atoms with Crippen LogP contribution in [0.15, 0.2) is 24.3 Å². The second kappa shape index (κ2) is 7.63. The van der Waals surface area contributed by atoms with E-state index in [1.54, 1.807) is 0 Å². The lowest BCUT2D eigenvalue weighted by Crippen LogP contribution is -2.65. The quantitative estimate of drug-likeness (QED) is 0.204. The Hall–Kier alpha value is -2.56. The number of methoxy groups -OCH3 is 1. The second-order valence-corrected chi connectivity index (χ2v) is 4.56. The molecule has 2 atom stereocenters. The molecular formula is C13H16N2O8. The maximum absolute atomic E-state index is 12.1. The second-order valence-electron chi connectivity index (χ2n) is 4.56. The number of rotatable bonds is 7. The number of hydrogen-bond donors (Lipinski definition) is 4. The van der Waals surface area contributed by atoms with Crippen molar-refractivity contribution in [2.24, 2.45) is 0 Å². The Morgan fingerprint density at radius 3 is 2.22 bits per heavy atom. The van der Waals surface area contributed by atoms with Crippen molar-refractivity contribution in [3.63, 3.8) is 0 Å². The minimum atomic E-state index is -2.65. The minimum Gasteiger partial charge on any atom is -0.465 e. The third-order valence-electron chi connectivity index (χ3n) is 3.19. The molecule has 0 aliphatic rings. The van der Waals surface area contributed by atoms with Crippen LogP contribution in [0.3, 0.4) is 0 Å². The standard InChI is InChI=1S/C13H16N2O8/c1-23-12(20)9-4-2-8(3-5-9)11(19)14-13(7-17,15(21)22)10(18)6-16/h2-5,10,16-18H,6-7H2,1H3,(H,14,19). The van der Waals surface area contributed by atoms with Crippen LogP contribution in [0.5, 0.6) is 0 Å². The molecular weight excluding hydrogens is 312 g/mol. The molecule has 0 bridgehead atoms. The first kappa shape index (κ1) is 18.5. The SMILES string of the molecule is COC(=O)c1ccc(C(=O)NC(CO)(C(O)CO)[N+](=O)[O-])cc1. The Morgan fingerprint density at radius 1 is 1.30 bits per heavy atom. The fourth-order valence-corrected chi connectivity index (χ4v) is 1.75. The van der Waals surface area contributed by atoms with Gasteiger partial charge in [-0.1, -0.05) is 0 Å². The molecule has 1 rings (SSSR count). The van der Waals surface area contributed by atoms with Gasteiger partial charge in [-0.3, -0.25) is 20.2 Å². The summed E-state index contributed by atoms with van der Waals surface area (Å²) in [6.07, 6.45) is -2.01. The van der Waals surface area contributed by atoms with Gasteiger partial charge in [0, 0.05) is 5.56 Å². The van der Waals surface area contributed by atoms with Crippen LogP contribution in [0.4, 0.5) is 0 Å². The summed E-state index contributed by atoms with van der Waals surface area (Å²) >= 11 is 0. The fourth-order valence-electron chi connectivity index (χ4n) is 1.75. The summed E-state index contributed by atoms with van der Waals surface area (Å²) in [7, 11) is 1.19. The van der Waals surface area contributed by atoms with Crippen molar-refractivity contribution >= 4 is 11.9 Å². The molecule has 0 aliphatic carbocycles. The minimum absolute atomic E-state index is 0.0533. The van der Waals surface area contributed by atoms with Crippen LogP contribution >= 0.6 is 0 Å². The zero-order valence-corrected chi connectivity index (χ0v) is 12.1. The number of aliphatic hydroxyl groups is 3. The van der Waals surface area contributed by atoms with Crippen molar-refractivity contribution in [1.29, 1.82) is 0 Å². The number of carbonyl (C=O) groups is 2. The van der Waals surface area contributed by atoms with Gasteiger partial charge in [-0.25, -0.2) is 4.79 Å². The molecule has 2 unspecified atom stereocenters. The van der Waals surface area contributed by atoms with E-state index < -0.39 is 41.8 Å². The fraction of sp³-hybridized carbons (Fsp3) is 0.385. The van der Waals surface area contributed by atoms with Crippen molar-refractivity contribution in [2.75, 3.05) is 20.3 Å². The molecule has 0 heterocycles. The summed E-state index contributed by atoms with van der Waals surface area (Å²) in [5.41, 5.74) is -2.53. The molecule has 0 spiro atoms. The summed E-state index contributed by atoms with van der Waals surface area (Å²) in [5.74, 6) is -1.60. The van der Waals surface area contributed by atoms with E-state index >= 15 is 0 Å². The molecule has 4 N–H and O–H groups in total. The zero-order chi connectivity index (χ0) is 17.6. The first-order valence-corrected chi connectivity index (χ1v) is 6.37. The monoisotopic (exact) mass is 328 g/mol. The van der Waals surface area contributed by atoms with Gasteiger partial charge < -0.3 is 20.1 Å². The molecule has 0 aliphatic heterocycles.